The number of nitrogens with one attached hydrogen (secondary N) is 1. The highest BCUT2D eigenvalue weighted by molar-refractivity contribution is 7.99. The van der Waals surface area contributed by atoms with Gasteiger partial charge in [-0.2, -0.15) is 0 Å². The van der Waals surface area contributed by atoms with Crippen LogP contribution in [0.2, 0.25) is 0 Å². The van der Waals surface area contributed by atoms with Gasteiger partial charge in [0, 0.05) is 46.7 Å². The van der Waals surface area contributed by atoms with Crippen LogP contribution in [0.25, 0.3) is 0 Å². The Labute approximate surface area is 187 Å². The quantitative estimate of drug-likeness (QED) is 0.604. The number of hydrogen-bond acceptors (Lipinski definition) is 5. The Hall–Kier alpha value is -2.58. The van der Waals surface area contributed by atoms with E-state index in [0.717, 1.165) is 27.0 Å². The molecule has 3 heterocycles. The predicted octanol–water partition coefficient (Wildman–Crippen LogP) is 4.71. The zero-order valence-corrected chi connectivity index (χ0v) is 18.3. The molecule has 0 saturated carbocycles. The van der Waals surface area contributed by atoms with Crippen LogP contribution in [0.1, 0.15) is 29.2 Å². The van der Waals surface area contributed by atoms with Crippen molar-refractivity contribution >= 4 is 34.7 Å². The Morgan fingerprint density at radius 3 is 2.84 bits per heavy atom. The summed E-state index contributed by atoms with van der Waals surface area (Å²) in [5.74, 6) is 1.89. The summed E-state index contributed by atoms with van der Waals surface area (Å²) in [5.41, 5.74) is 1.73. The van der Waals surface area contributed by atoms with Crippen LogP contribution < -0.4 is 14.9 Å². The topological polar surface area (TPSA) is 60.3 Å². The summed E-state index contributed by atoms with van der Waals surface area (Å²) in [5, 5.41) is 3.80. The van der Waals surface area contributed by atoms with E-state index in [1.807, 2.05) is 22.8 Å². The molecule has 2 aliphatic heterocycles. The van der Waals surface area contributed by atoms with Gasteiger partial charge in [0.15, 0.2) is 0 Å². The molecule has 0 radical (unpaired) electrons. The molecule has 1 aromatic heterocycles. The highest BCUT2D eigenvalue weighted by atomic mass is 32.2. The summed E-state index contributed by atoms with van der Waals surface area (Å²) >= 11 is 3.04. The average Bonchev–Trinajstić information content (AvgIpc) is 3.10. The Bertz CT molecular complexity index is 1170. The molecule has 31 heavy (non-hydrogen) atoms. The molecule has 8 heteroatoms. The number of benzene rings is 2. The lowest BCUT2D eigenvalue weighted by Crippen LogP contribution is -2.31. The third-order valence-electron chi connectivity index (χ3n) is 5.68. The van der Waals surface area contributed by atoms with Gasteiger partial charge in [-0.1, -0.05) is 29.5 Å². The number of thiazole rings is 1. The number of halogens is 1. The second-order valence-electron chi connectivity index (χ2n) is 7.75. The van der Waals surface area contributed by atoms with Crippen molar-refractivity contribution in [2.75, 3.05) is 17.7 Å². The molecule has 3 aromatic rings. The van der Waals surface area contributed by atoms with Crippen LogP contribution in [0.4, 0.5) is 10.1 Å². The SMILES string of the molecule is O=C(CCCn1c2c(sc1=O)[C@@H]1c3ccccc3OC[C@@H]1CS2)Nc1ccc(F)cc1. The van der Waals surface area contributed by atoms with E-state index in [4.69, 9.17) is 4.74 Å². The smallest absolute Gasteiger partial charge is 0.308 e. The van der Waals surface area contributed by atoms with Gasteiger partial charge >= 0.3 is 4.87 Å². The molecule has 0 aliphatic carbocycles. The summed E-state index contributed by atoms with van der Waals surface area (Å²) in [6, 6.07) is 13.8. The molecule has 5 nitrogen and oxygen atoms in total. The van der Waals surface area contributed by atoms with Crippen LogP contribution in [0.5, 0.6) is 5.75 Å². The van der Waals surface area contributed by atoms with Gasteiger partial charge in [0.2, 0.25) is 5.91 Å². The number of carbonyl (C=O) groups is 1. The normalized spacial score (nSPS) is 19.0. The van der Waals surface area contributed by atoms with Gasteiger partial charge in [-0.15, -0.1) is 11.8 Å². The summed E-state index contributed by atoms with van der Waals surface area (Å²) in [7, 11) is 0. The Kier molecular flexibility index (Phi) is 5.58. The second-order valence-corrected chi connectivity index (χ2v) is 9.75. The summed E-state index contributed by atoms with van der Waals surface area (Å²) in [4.78, 5) is 26.2. The minimum Gasteiger partial charge on any atom is -0.493 e. The number of para-hydroxylation sites is 1. The van der Waals surface area contributed by atoms with E-state index in [1.165, 1.54) is 35.6 Å². The molecular weight excluding hydrogens is 435 g/mol. The number of rotatable bonds is 5. The van der Waals surface area contributed by atoms with Crippen molar-refractivity contribution in [2.24, 2.45) is 5.92 Å². The van der Waals surface area contributed by atoms with Crippen molar-refractivity contribution in [3.63, 3.8) is 0 Å². The number of aromatic nitrogens is 1. The maximum Gasteiger partial charge on any atom is 0.308 e. The molecule has 0 fully saturated rings. The minimum absolute atomic E-state index is 0.0288. The molecule has 0 unspecified atom stereocenters. The molecule has 5 rings (SSSR count). The Morgan fingerprint density at radius 1 is 1.19 bits per heavy atom. The van der Waals surface area contributed by atoms with Crippen LogP contribution in [0.3, 0.4) is 0 Å². The van der Waals surface area contributed by atoms with E-state index < -0.39 is 0 Å². The van der Waals surface area contributed by atoms with Crippen LogP contribution >= 0.6 is 23.1 Å². The van der Waals surface area contributed by atoms with Crippen molar-refractivity contribution in [3.05, 3.63) is 74.5 Å². The molecule has 2 aliphatic rings. The van der Waals surface area contributed by atoms with Gasteiger partial charge in [0.25, 0.3) is 0 Å². The van der Waals surface area contributed by atoms with Gasteiger partial charge in [-0.05, 0) is 36.8 Å². The van der Waals surface area contributed by atoms with E-state index >= 15 is 0 Å². The molecule has 0 saturated heterocycles. The van der Waals surface area contributed by atoms with E-state index in [-0.39, 0.29) is 22.5 Å². The standard InChI is InChI=1S/C23H21FN2O3S2/c24-15-7-9-16(10-8-15)25-19(27)6-3-11-26-22-21(31-23(26)28)20-14(13-30-22)12-29-18-5-2-1-4-17(18)20/h1-2,4-5,7-10,14,20H,3,6,11-13H2,(H,25,27)/t14-,20+/m1/s1. The van der Waals surface area contributed by atoms with Crippen molar-refractivity contribution < 1.29 is 13.9 Å². The molecule has 2 aromatic carbocycles. The first-order valence-corrected chi connectivity index (χ1v) is 12.0. The van der Waals surface area contributed by atoms with Crippen LogP contribution in [-0.2, 0) is 11.3 Å². The highest BCUT2D eigenvalue weighted by Crippen LogP contribution is 2.50. The fraction of sp³-hybridized carbons (Fsp3) is 0.304. The number of ether oxygens (including phenoxy) is 1. The number of amides is 1. The molecular formula is C23H21FN2O3S2. The third kappa shape index (κ3) is 4.02. The summed E-state index contributed by atoms with van der Waals surface area (Å²) in [6.07, 6.45) is 0.853. The summed E-state index contributed by atoms with van der Waals surface area (Å²) in [6.45, 7) is 1.17. The van der Waals surface area contributed by atoms with Crippen LogP contribution in [0.15, 0.2) is 58.4 Å². The van der Waals surface area contributed by atoms with E-state index in [2.05, 4.69) is 11.4 Å². The fourth-order valence-corrected chi connectivity index (χ4v) is 6.95. The lowest BCUT2D eigenvalue weighted by atomic mass is 9.84. The predicted molar refractivity (Wildman–Crippen MR) is 121 cm³/mol. The number of nitrogens with zero attached hydrogens (tertiary/aromatic N) is 1. The Balaban J connectivity index is 1.29. The van der Waals surface area contributed by atoms with Crippen LogP contribution in [-0.4, -0.2) is 22.8 Å². The Morgan fingerprint density at radius 2 is 2.00 bits per heavy atom. The first-order valence-electron chi connectivity index (χ1n) is 10.2. The molecule has 1 amide bonds. The number of thioether (sulfide) groups is 1. The van der Waals surface area contributed by atoms with Crippen molar-refractivity contribution in [1.29, 1.82) is 0 Å². The van der Waals surface area contributed by atoms with Crippen molar-refractivity contribution in [3.8, 4) is 5.75 Å². The lowest BCUT2D eigenvalue weighted by molar-refractivity contribution is -0.116. The van der Waals surface area contributed by atoms with E-state index in [0.29, 0.717) is 37.6 Å². The maximum atomic E-state index is 13.0. The van der Waals surface area contributed by atoms with Gasteiger partial charge in [-0.25, -0.2) is 4.39 Å². The first-order chi connectivity index (χ1) is 15.1. The summed E-state index contributed by atoms with van der Waals surface area (Å²) < 4.78 is 20.7. The fourth-order valence-electron chi connectivity index (χ4n) is 4.20. The average molecular weight is 457 g/mol. The molecule has 2 atom stereocenters. The number of anilines is 1. The van der Waals surface area contributed by atoms with Gasteiger partial charge in [0.05, 0.1) is 11.6 Å². The zero-order valence-electron chi connectivity index (χ0n) is 16.7. The van der Waals surface area contributed by atoms with Crippen LogP contribution in [0, 0.1) is 11.7 Å². The molecule has 0 bridgehead atoms. The first kappa shape index (κ1) is 20.3. The highest BCUT2D eigenvalue weighted by Gasteiger charge is 2.39. The second kappa shape index (κ2) is 8.51. The van der Waals surface area contributed by atoms with Gasteiger partial charge < -0.3 is 10.1 Å². The molecule has 1 N–H and O–H groups in total. The van der Waals surface area contributed by atoms with Crippen molar-refractivity contribution in [1.82, 2.24) is 4.57 Å². The van der Waals surface area contributed by atoms with E-state index in [1.54, 1.807) is 11.8 Å². The third-order valence-corrected chi connectivity index (χ3v) is 8.18. The van der Waals surface area contributed by atoms with Gasteiger partial charge in [0.1, 0.15) is 11.6 Å². The number of fused-ring (bicyclic) bond motifs is 5. The molecule has 0 spiro atoms. The molecule has 160 valence electrons. The zero-order chi connectivity index (χ0) is 21.4. The lowest BCUT2D eigenvalue weighted by Gasteiger charge is -2.36. The minimum atomic E-state index is -0.341. The van der Waals surface area contributed by atoms with E-state index in [9.17, 15) is 14.0 Å². The monoisotopic (exact) mass is 456 g/mol. The van der Waals surface area contributed by atoms with Gasteiger partial charge in [-0.3, -0.25) is 14.2 Å². The maximum absolute atomic E-state index is 13.0. The largest absolute Gasteiger partial charge is 0.493 e. The van der Waals surface area contributed by atoms with Crippen molar-refractivity contribution in [2.45, 2.75) is 30.3 Å². The number of hydrogen-bond donors (Lipinski definition) is 1. The number of carbonyl (C=O) groups excluding carboxylic acids is 1.